The third-order valence-electron chi connectivity index (χ3n) is 4.22. The van der Waals surface area contributed by atoms with E-state index in [2.05, 4.69) is 50.2 Å². The Morgan fingerprint density at radius 2 is 1.12 bits per heavy atom. The summed E-state index contributed by atoms with van der Waals surface area (Å²) in [6.07, 6.45) is 0. The van der Waals surface area contributed by atoms with Gasteiger partial charge in [0.05, 0.1) is 0 Å². The minimum absolute atomic E-state index is 0.252. The average molecular weight is 330 g/mol. The highest BCUT2D eigenvalue weighted by molar-refractivity contribution is 5.83. The number of hydrogen-bond acceptors (Lipinski definition) is 2. The maximum absolute atomic E-state index is 11.2. The van der Waals surface area contributed by atoms with Crippen molar-refractivity contribution in [3.8, 4) is 0 Å². The van der Waals surface area contributed by atoms with E-state index in [4.69, 9.17) is 4.42 Å². The molecule has 0 saturated heterocycles. The van der Waals surface area contributed by atoms with Gasteiger partial charge in [0, 0.05) is 10.9 Å². The van der Waals surface area contributed by atoms with Crippen molar-refractivity contribution in [2.45, 2.75) is 27.7 Å². The summed E-state index contributed by atoms with van der Waals surface area (Å²) >= 11 is 0. The average Bonchev–Trinajstić information content (AvgIpc) is 2.56. The van der Waals surface area contributed by atoms with Crippen LogP contribution in [0, 0.1) is 27.7 Å². The van der Waals surface area contributed by atoms with Crippen LogP contribution in [0.5, 0.6) is 0 Å². The second-order valence-corrected chi connectivity index (χ2v) is 6.61. The van der Waals surface area contributed by atoms with Crippen molar-refractivity contribution < 1.29 is 4.42 Å². The molecule has 0 amide bonds. The fourth-order valence-electron chi connectivity index (χ4n) is 2.81. The van der Waals surface area contributed by atoms with Gasteiger partial charge in [0.2, 0.25) is 0 Å². The lowest BCUT2D eigenvalue weighted by molar-refractivity contribution is 0.555. The van der Waals surface area contributed by atoms with Crippen LogP contribution in [-0.2, 0) is 0 Å². The van der Waals surface area contributed by atoms with Crippen LogP contribution in [0.3, 0.4) is 0 Å². The Morgan fingerprint density at radius 3 is 1.72 bits per heavy atom. The van der Waals surface area contributed by atoms with Gasteiger partial charge >= 0.3 is 5.63 Å². The molecule has 0 unspecified atom stereocenters. The molecular formula is C23H22O2. The fourth-order valence-corrected chi connectivity index (χ4v) is 2.81. The predicted octanol–water partition coefficient (Wildman–Crippen LogP) is 5.87. The van der Waals surface area contributed by atoms with E-state index in [0.717, 1.165) is 10.9 Å². The van der Waals surface area contributed by atoms with Crippen molar-refractivity contribution in [1.82, 2.24) is 0 Å². The maximum Gasteiger partial charge on any atom is 0.339 e. The first-order valence-corrected chi connectivity index (χ1v) is 8.40. The van der Waals surface area contributed by atoms with Crippen LogP contribution < -0.4 is 5.63 Å². The first-order chi connectivity index (χ1) is 11.9. The van der Waals surface area contributed by atoms with Crippen LogP contribution in [0.1, 0.15) is 22.3 Å². The molecule has 4 aromatic rings. The fraction of sp³-hybridized carbons (Fsp3) is 0.174. The highest BCUT2D eigenvalue weighted by atomic mass is 16.4. The molecule has 0 aliphatic carbocycles. The van der Waals surface area contributed by atoms with E-state index in [1.54, 1.807) is 6.92 Å². The van der Waals surface area contributed by atoms with Gasteiger partial charge in [0.15, 0.2) is 0 Å². The number of benzene rings is 3. The number of aryl methyl sites for hydroxylation is 4. The first-order valence-electron chi connectivity index (χ1n) is 8.40. The molecule has 4 rings (SSSR count). The van der Waals surface area contributed by atoms with E-state index >= 15 is 0 Å². The summed E-state index contributed by atoms with van der Waals surface area (Å²) in [5.41, 5.74) is 4.81. The molecule has 0 aliphatic rings. The van der Waals surface area contributed by atoms with Crippen molar-refractivity contribution in [3.63, 3.8) is 0 Å². The van der Waals surface area contributed by atoms with Crippen molar-refractivity contribution in [3.05, 3.63) is 93.3 Å². The number of hydrogen-bond donors (Lipinski definition) is 0. The quantitative estimate of drug-likeness (QED) is 0.378. The van der Waals surface area contributed by atoms with Gasteiger partial charge in [-0.15, -0.1) is 0 Å². The van der Waals surface area contributed by atoms with Crippen LogP contribution >= 0.6 is 0 Å². The molecule has 1 heterocycles. The van der Waals surface area contributed by atoms with Gasteiger partial charge in [0.25, 0.3) is 0 Å². The molecule has 1 aromatic heterocycles. The zero-order valence-electron chi connectivity index (χ0n) is 15.1. The predicted molar refractivity (Wildman–Crippen MR) is 105 cm³/mol. The van der Waals surface area contributed by atoms with Crippen molar-refractivity contribution in [2.75, 3.05) is 0 Å². The molecule has 25 heavy (non-hydrogen) atoms. The van der Waals surface area contributed by atoms with Gasteiger partial charge in [0.1, 0.15) is 5.58 Å². The molecular weight excluding hydrogens is 308 g/mol. The van der Waals surface area contributed by atoms with E-state index in [9.17, 15) is 4.79 Å². The Hall–Kier alpha value is -2.87. The summed E-state index contributed by atoms with van der Waals surface area (Å²) in [6, 6.07) is 20.8. The molecule has 3 aromatic carbocycles. The molecule has 0 bridgehead atoms. The summed E-state index contributed by atoms with van der Waals surface area (Å²) in [4.78, 5) is 11.2. The van der Waals surface area contributed by atoms with Gasteiger partial charge in [-0.2, -0.15) is 0 Å². The summed E-state index contributed by atoms with van der Waals surface area (Å²) in [5, 5.41) is 3.64. The van der Waals surface area contributed by atoms with Gasteiger partial charge in [-0.3, -0.25) is 0 Å². The van der Waals surface area contributed by atoms with Crippen LogP contribution in [0.4, 0.5) is 0 Å². The van der Waals surface area contributed by atoms with E-state index in [1.807, 2.05) is 31.2 Å². The molecule has 0 N–H and O–H groups in total. The minimum Gasteiger partial charge on any atom is -0.423 e. The van der Waals surface area contributed by atoms with Crippen LogP contribution in [0.15, 0.2) is 69.9 Å². The lowest BCUT2D eigenvalue weighted by atomic mass is 10.1. The maximum atomic E-state index is 11.2. The highest BCUT2D eigenvalue weighted by Crippen LogP contribution is 2.17. The van der Waals surface area contributed by atoms with E-state index < -0.39 is 0 Å². The third kappa shape index (κ3) is 3.97. The topological polar surface area (TPSA) is 30.2 Å². The zero-order valence-corrected chi connectivity index (χ0v) is 15.1. The lowest BCUT2D eigenvalue weighted by Gasteiger charge is -1.99. The lowest BCUT2D eigenvalue weighted by Crippen LogP contribution is -2.01. The van der Waals surface area contributed by atoms with Crippen molar-refractivity contribution >= 4 is 21.7 Å². The molecule has 126 valence electrons. The Bertz CT molecular complexity index is 1070. The van der Waals surface area contributed by atoms with Crippen molar-refractivity contribution in [2.24, 2.45) is 0 Å². The third-order valence-corrected chi connectivity index (χ3v) is 4.22. The second-order valence-electron chi connectivity index (χ2n) is 6.61. The Kier molecular flexibility index (Phi) is 4.71. The largest absolute Gasteiger partial charge is 0.423 e. The van der Waals surface area contributed by atoms with Gasteiger partial charge in [-0.05, 0) is 56.2 Å². The van der Waals surface area contributed by atoms with Gasteiger partial charge in [-0.1, -0.05) is 59.7 Å². The summed E-state index contributed by atoms with van der Waals surface area (Å²) in [6.45, 7) is 7.98. The first kappa shape index (κ1) is 17.0. The summed E-state index contributed by atoms with van der Waals surface area (Å²) < 4.78 is 5.12. The van der Waals surface area contributed by atoms with E-state index in [1.165, 1.54) is 21.9 Å². The molecule has 0 spiro atoms. The molecule has 0 aliphatic heterocycles. The van der Waals surface area contributed by atoms with Crippen LogP contribution in [-0.4, -0.2) is 0 Å². The monoisotopic (exact) mass is 330 g/mol. The Morgan fingerprint density at radius 1 is 0.600 bits per heavy atom. The molecule has 2 nitrogen and oxygen atoms in total. The molecule has 0 saturated carbocycles. The van der Waals surface area contributed by atoms with E-state index in [0.29, 0.717) is 11.1 Å². The minimum atomic E-state index is -0.252. The summed E-state index contributed by atoms with van der Waals surface area (Å²) in [7, 11) is 0. The van der Waals surface area contributed by atoms with Crippen LogP contribution in [0.25, 0.3) is 21.7 Å². The number of rotatable bonds is 0. The SMILES string of the molecule is Cc1ccc2cc(C)c(=O)oc2c1.Cc1ccc2ccc(C)cc2c1. The second kappa shape index (κ2) is 6.94. The molecule has 0 fully saturated rings. The Balaban J connectivity index is 0.000000146. The summed E-state index contributed by atoms with van der Waals surface area (Å²) in [5.74, 6) is 0. The zero-order chi connectivity index (χ0) is 18.0. The normalized spacial score (nSPS) is 10.6. The van der Waals surface area contributed by atoms with Crippen molar-refractivity contribution in [1.29, 1.82) is 0 Å². The van der Waals surface area contributed by atoms with Gasteiger partial charge in [-0.25, -0.2) is 4.79 Å². The molecule has 0 radical (unpaired) electrons. The van der Waals surface area contributed by atoms with Gasteiger partial charge < -0.3 is 4.42 Å². The molecule has 0 atom stereocenters. The highest BCUT2D eigenvalue weighted by Gasteiger charge is 2.00. The smallest absolute Gasteiger partial charge is 0.339 e. The molecule has 2 heteroatoms. The Labute approximate surface area is 147 Å². The van der Waals surface area contributed by atoms with Crippen LogP contribution in [0.2, 0.25) is 0 Å². The standard InChI is InChI=1S/C12H12.C11H10O2/c1-9-3-5-11-6-4-10(2)8-12(11)7-9;1-7-3-4-9-6-8(2)11(12)13-10(9)5-7/h3-8H,1-2H3;3-6H,1-2H3. The van der Waals surface area contributed by atoms with E-state index in [-0.39, 0.29) is 5.63 Å². The number of fused-ring (bicyclic) bond motifs is 2.